The van der Waals surface area contributed by atoms with Crippen molar-refractivity contribution in [2.45, 2.75) is 31.0 Å². The van der Waals surface area contributed by atoms with E-state index in [0.717, 1.165) is 0 Å². The molecule has 0 spiro atoms. The number of nitrogens with one attached hydrogen (secondary N) is 1. The molecule has 31 heavy (non-hydrogen) atoms. The van der Waals surface area contributed by atoms with E-state index >= 15 is 0 Å². The molecular weight excluding hydrogens is 460 g/mol. The lowest BCUT2D eigenvalue weighted by molar-refractivity contribution is -0.150. The standard InChI is InChI=1S/C20H21ClF4N2O3S/c21-17-6-5-14(22)11-15(17)12-1-3-13(4-2-12)16(20(23,24)25)7-9-31(27,30)10-8-18(26)19(28)29/h1-6,11,16,18,27H,7-10,26H2,(H,28,29)/t16?,18-,31?/m0/s1. The van der Waals surface area contributed by atoms with Gasteiger partial charge in [-0.05, 0) is 42.2 Å². The number of hydrogen-bond acceptors (Lipinski definition) is 4. The first-order valence-electron chi connectivity index (χ1n) is 9.15. The Morgan fingerprint density at radius 1 is 1.13 bits per heavy atom. The molecule has 2 aromatic carbocycles. The summed E-state index contributed by atoms with van der Waals surface area (Å²) in [4.78, 5) is 10.7. The lowest BCUT2D eigenvalue weighted by Gasteiger charge is -2.22. The molecular formula is C20H21ClF4N2O3S. The summed E-state index contributed by atoms with van der Waals surface area (Å²) in [6.07, 6.45) is -5.52. The molecule has 0 aliphatic carbocycles. The molecule has 0 saturated heterocycles. The Morgan fingerprint density at radius 2 is 1.71 bits per heavy atom. The Bertz CT molecular complexity index is 1030. The predicted octanol–water partition coefficient (Wildman–Crippen LogP) is 5.03. The van der Waals surface area contributed by atoms with Crippen LogP contribution in [0.4, 0.5) is 17.6 Å². The van der Waals surface area contributed by atoms with Crippen molar-refractivity contribution in [2.75, 3.05) is 11.5 Å². The number of hydrogen-bond donors (Lipinski definition) is 3. The van der Waals surface area contributed by atoms with Gasteiger partial charge in [0.05, 0.1) is 5.92 Å². The van der Waals surface area contributed by atoms with Gasteiger partial charge in [-0.1, -0.05) is 35.9 Å². The Balaban J connectivity index is 2.18. The smallest absolute Gasteiger partial charge is 0.395 e. The zero-order chi connectivity index (χ0) is 23.4. The number of carboxylic acids is 1. The fourth-order valence-corrected chi connectivity index (χ4v) is 4.67. The molecule has 0 radical (unpaired) electrons. The van der Waals surface area contributed by atoms with Crippen LogP contribution < -0.4 is 5.73 Å². The summed E-state index contributed by atoms with van der Waals surface area (Å²) < 4.78 is 74.4. The number of carboxylic acid groups (broad SMARTS) is 1. The fraction of sp³-hybridized carbons (Fsp3) is 0.350. The van der Waals surface area contributed by atoms with Crippen molar-refractivity contribution in [3.63, 3.8) is 0 Å². The molecule has 0 aliphatic rings. The molecule has 0 aromatic heterocycles. The quantitative estimate of drug-likeness (QED) is 0.438. The molecule has 5 nitrogen and oxygen atoms in total. The Kier molecular flexibility index (Phi) is 8.07. The average molecular weight is 481 g/mol. The summed E-state index contributed by atoms with van der Waals surface area (Å²) in [6, 6.07) is 7.61. The predicted molar refractivity (Wildman–Crippen MR) is 111 cm³/mol. The Labute approximate surface area is 182 Å². The van der Waals surface area contributed by atoms with E-state index in [9.17, 15) is 26.6 Å². The number of benzene rings is 2. The van der Waals surface area contributed by atoms with Crippen LogP contribution in [0.3, 0.4) is 0 Å². The second kappa shape index (κ2) is 9.97. The van der Waals surface area contributed by atoms with E-state index in [4.69, 9.17) is 27.2 Å². The Hall–Kier alpha value is -2.17. The van der Waals surface area contributed by atoms with Crippen LogP contribution in [0, 0.1) is 10.6 Å². The molecule has 0 bridgehead atoms. The van der Waals surface area contributed by atoms with Gasteiger partial charge in [0.25, 0.3) is 0 Å². The van der Waals surface area contributed by atoms with Crippen LogP contribution in [0.25, 0.3) is 11.1 Å². The monoisotopic (exact) mass is 480 g/mol. The van der Waals surface area contributed by atoms with Crippen LogP contribution in [0.2, 0.25) is 5.02 Å². The topological polar surface area (TPSA) is 104 Å². The third-order valence-electron chi connectivity index (χ3n) is 4.76. The van der Waals surface area contributed by atoms with Gasteiger partial charge in [-0.3, -0.25) is 9.57 Å². The highest BCUT2D eigenvalue weighted by Gasteiger charge is 2.40. The molecule has 2 rings (SSSR count). The molecule has 3 atom stereocenters. The first kappa shape index (κ1) is 25.1. The van der Waals surface area contributed by atoms with Gasteiger partial charge in [0, 0.05) is 31.8 Å². The van der Waals surface area contributed by atoms with Crippen molar-refractivity contribution in [1.82, 2.24) is 0 Å². The minimum absolute atomic E-state index is 0.0961. The molecule has 0 fully saturated rings. The van der Waals surface area contributed by atoms with Crippen LogP contribution >= 0.6 is 11.6 Å². The van der Waals surface area contributed by atoms with Gasteiger partial charge >= 0.3 is 12.1 Å². The number of halogens is 5. The van der Waals surface area contributed by atoms with Crippen molar-refractivity contribution >= 4 is 27.3 Å². The van der Waals surface area contributed by atoms with E-state index in [0.29, 0.717) is 11.1 Å². The van der Waals surface area contributed by atoms with E-state index in [1.165, 1.54) is 42.5 Å². The average Bonchev–Trinajstić information content (AvgIpc) is 2.67. The number of nitrogens with two attached hydrogens (primary N) is 1. The zero-order valence-corrected chi connectivity index (χ0v) is 17.7. The normalized spacial score (nSPS) is 15.8. The molecule has 0 heterocycles. The van der Waals surface area contributed by atoms with Gasteiger partial charge < -0.3 is 10.8 Å². The summed E-state index contributed by atoms with van der Waals surface area (Å²) in [5.41, 5.74) is 5.97. The molecule has 11 heteroatoms. The van der Waals surface area contributed by atoms with E-state index < -0.39 is 57.6 Å². The van der Waals surface area contributed by atoms with Crippen molar-refractivity contribution < 1.29 is 31.7 Å². The van der Waals surface area contributed by atoms with Gasteiger partial charge in [0.15, 0.2) is 0 Å². The Morgan fingerprint density at radius 3 is 2.26 bits per heavy atom. The SMILES string of the molecule is N=S(=O)(CCC(c1ccc(-c2cc(F)ccc2Cl)cc1)C(F)(F)F)CC[C@H](N)C(=O)O. The summed E-state index contributed by atoms with van der Waals surface area (Å²) in [6.45, 7) is 0. The maximum atomic E-state index is 13.6. The van der Waals surface area contributed by atoms with Crippen LogP contribution in [0.5, 0.6) is 0 Å². The summed E-state index contributed by atoms with van der Waals surface area (Å²) in [5.74, 6) is -4.79. The summed E-state index contributed by atoms with van der Waals surface area (Å²) in [5, 5.41) is 8.98. The number of rotatable bonds is 9. The van der Waals surface area contributed by atoms with Crippen LogP contribution in [0.1, 0.15) is 24.3 Å². The van der Waals surface area contributed by atoms with E-state index in [-0.39, 0.29) is 17.0 Å². The molecule has 2 unspecified atom stereocenters. The van der Waals surface area contributed by atoms with E-state index in [2.05, 4.69) is 0 Å². The van der Waals surface area contributed by atoms with Crippen LogP contribution in [-0.4, -0.2) is 39.0 Å². The third kappa shape index (κ3) is 7.19. The minimum Gasteiger partial charge on any atom is -0.480 e. The second-order valence-electron chi connectivity index (χ2n) is 7.08. The van der Waals surface area contributed by atoms with Crippen LogP contribution in [0.15, 0.2) is 42.5 Å². The van der Waals surface area contributed by atoms with Crippen molar-refractivity contribution in [3.8, 4) is 11.1 Å². The van der Waals surface area contributed by atoms with Crippen LogP contribution in [-0.2, 0) is 14.5 Å². The van der Waals surface area contributed by atoms with Gasteiger partial charge in [0.2, 0.25) is 0 Å². The highest BCUT2D eigenvalue weighted by atomic mass is 35.5. The van der Waals surface area contributed by atoms with E-state index in [1.54, 1.807) is 0 Å². The van der Waals surface area contributed by atoms with E-state index in [1.807, 2.05) is 0 Å². The minimum atomic E-state index is -4.65. The molecule has 0 aliphatic heterocycles. The maximum absolute atomic E-state index is 13.6. The van der Waals surface area contributed by atoms with Gasteiger partial charge in [0.1, 0.15) is 11.9 Å². The van der Waals surface area contributed by atoms with Crippen molar-refractivity contribution in [3.05, 3.63) is 58.9 Å². The summed E-state index contributed by atoms with van der Waals surface area (Å²) >= 11 is 6.03. The van der Waals surface area contributed by atoms with Crippen molar-refractivity contribution in [1.29, 1.82) is 4.78 Å². The molecule has 0 saturated carbocycles. The highest BCUT2D eigenvalue weighted by Crippen LogP contribution is 2.39. The first-order chi connectivity index (χ1) is 14.3. The zero-order valence-electron chi connectivity index (χ0n) is 16.2. The third-order valence-corrected chi connectivity index (χ3v) is 6.88. The molecule has 0 amide bonds. The molecule has 170 valence electrons. The van der Waals surface area contributed by atoms with Gasteiger partial charge in [-0.2, -0.15) is 13.2 Å². The number of carbonyl (C=O) groups is 1. The molecule has 4 N–H and O–H groups in total. The number of aliphatic carboxylic acids is 1. The van der Waals surface area contributed by atoms with Gasteiger partial charge in [-0.15, -0.1) is 0 Å². The largest absolute Gasteiger partial charge is 0.480 e. The molecule has 2 aromatic rings. The first-order valence-corrected chi connectivity index (χ1v) is 11.4. The lowest BCUT2D eigenvalue weighted by atomic mass is 9.93. The highest BCUT2D eigenvalue weighted by molar-refractivity contribution is 7.92. The second-order valence-corrected chi connectivity index (χ2v) is 9.93. The maximum Gasteiger partial charge on any atom is 0.395 e. The fourth-order valence-electron chi connectivity index (χ4n) is 2.98. The lowest BCUT2D eigenvalue weighted by Crippen LogP contribution is -2.32. The number of alkyl halides is 3. The summed E-state index contributed by atoms with van der Waals surface area (Å²) in [7, 11) is -3.44. The van der Waals surface area contributed by atoms with Gasteiger partial charge in [-0.25, -0.2) is 8.60 Å². The van der Waals surface area contributed by atoms with Crippen molar-refractivity contribution in [2.24, 2.45) is 5.73 Å².